The van der Waals surface area contributed by atoms with Gasteiger partial charge in [-0.3, -0.25) is 4.79 Å². The van der Waals surface area contributed by atoms with Gasteiger partial charge in [-0.2, -0.15) is 0 Å². The van der Waals surface area contributed by atoms with Crippen molar-refractivity contribution in [3.63, 3.8) is 0 Å². The maximum atomic E-state index is 13.4. The summed E-state index contributed by atoms with van der Waals surface area (Å²) < 4.78 is 18.9. The van der Waals surface area contributed by atoms with Gasteiger partial charge in [-0.05, 0) is 56.2 Å². The summed E-state index contributed by atoms with van der Waals surface area (Å²) in [4.78, 5) is 22.5. The van der Waals surface area contributed by atoms with Crippen LogP contribution in [0.1, 0.15) is 41.9 Å². The minimum Gasteiger partial charge on any atom is -0.494 e. The van der Waals surface area contributed by atoms with Gasteiger partial charge in [0, 0.05) is 24.6 Å². The average Bonchev–Trinajstić information content (AvgIpc) is 3.11. The van der Waals surface area contributed by atoms with Gasteiger partial charge >= 0.3 is 0 Å². The molecule has 1 aliphatic heterocycles. The number of carbonyl (C=O) groups excluding carboxylic acids is 1. The molecule has 0 spiro atoms. The molecule has 1 N–H and O–H groups in total. The molecule has 0 atom stereocenters. The fourth-order valence-electron chi connectivity index (χ4n) is 3.62. The van der Waals surface area contributed by atoms with Gasteiger partial charge < -0.3 is 14.6 Å². The summed E-state index contributed by atoms with van der Waals surface area (Å²) in [5.41, 5.74) is 2.15. The molecular formula is C21H22FN3O2. The standard InChI is InChI=1S/C21H22FN3O2/c1-2-27-17-5-3-4-15(12-17)21(26)25-10-8-14(9-11-25)20-23-18-7-6-16(22)13-19(18)24-20/h3-7,12-14H,2,8-11H2,1H3,(H,23,24). The summed E-state index contributed by atoms with van der Waals surface area (Å²) in [7, 11) is 0. The largest absolute Gasteiger partial charge is 0.494 e. The van der Waals surface area contributed by atoms with E-state index in [1.165, 1.54) is 12.1 Å². The van der Waals surface area contributed by atoms with Crippen molar-refractivity contribution in [1.29, 1.82) is 0 Å². The predicted molar refractivity (Wildman–Crippen MR) is 102 cm³/mol. The SMILES string of the molecule is CCOc1cccc(C(=O)N2CCC(c3nc4ccc(F)cc4[nH]3)CC2)c1. The molecule has 0 saturated carbocycles. The van der Waals surface area contributed by atoms with Crippen molar-refractivity contribution in [3.8, 4) is 5.75 Å². The quantitative estimate of drug-likeness (QED) is 0.755. The summed E-state index contributed by atoms with van der Waals surface area (Å²) in [5.74, 6) is 1.60. The topological polar surface area (TPSA) is 58.2 Å². The van der Waals surface area contributed by atoms with Crippen LogP contribution in [-0.2, 0) is 0 Å². The fraction of sp³-hybridized carbons (Fsp3) is 0.333. The second kappa shape index (κ2) is 7.39. The number of aromatic nitrogens is 2. The number of H-pyrrole nitrogens is 1. The molecule has 0 bridgehead atoms. The fourth-order valence-corrected chi connectivity index (χ4v) is 3.62. The van der Waals surface area contributed by atoms with E-state index in [2.05, 4.69) is 9.97 Å². The highest BCUT2D eigenvalue weighted by atomic mass is 19.1. The Morgan fingerprint density at radius 2 is 2.07 bits per heavy atom. The highest BCUT2D eigenvalue weighted by Crippen LogP contribution is 2.29. The Morgan fingerprint density at radius 1 is 1.26 bits per heavy atom. The van der Waals surface area contributed by atoms with Gasteiger partial charge in [0.25, 0.3) is 5.91 Å². The number of nitrogens with one attached hydrogen (secondary N) is 1. The van der Waals surface area contributed by atoms with Crippen LogP contribution in [0.4, 0.5) is 4.39 Å². The summed E-state index contributed by atoms with van der Waals surface area (Å²) >= 11 is 0. The second-order valence-electron chi connectivity index (χ2n) is 6.81. The first-order valence-corrected chi connectivity index (χ1v) is 9.31. The Labute approximate surface area is 157 Å². The first kappa shape index (κ1) is 17.5. The zero-order chi connectivity index (χ0) is 18.8. The number of benzene rings is 2. The number of hydrogen-bond donors (Lipinski definition) is 1. The monoisotopic (exact) mass is 367 g/mol. The molecule has 1 aromatic heterocycles. The van der Waals surface area contributed by atoms with Crippen LogP contribution < -0.4 is 4.74 Å². The van der Waals surface area contributed by atoms with E-state index < -0.39 is 0 Å². The summed E-state index contributed by atoms with van der Waals surface area (Å²) in [6, 6.07) is 11.9. The molecule has 4 rings (SSSR count). The van der Waals surface area contributed by atoms with Crippen LogP contribution in [0.5, 0.6) is 5.75 Å². The number of imidazole rings is 1. The van der Waals surface area contributed by atoms with Crippen molar-refractivity contribution in [2.75, 3.05) is 19.7 Å². The molecular weight excluding hydrogens is 345 g/mol. The molecule has 1 amide bonds. The highest BCUT2D eigenvalue weighted by molar-refractivity contribution is 5.94. The average molecular weight is 367 g/mol. The van der Waals surface area contributed by atoms with Gasteiger partial charge in [0.1, 0.15) is 17.4 Å². The molecule has 3 aromatic rings. The van der Waals surface area contributed by atoms with Crippen LogP contribution in [0.2, 0.25) is 0 Å². The molecule has 1 aliphatic rings. The van der Waals surface area contributed by atoms with Gasteiger partial charge in [-0.15, -0.1) is 0 Å². The lowest BCUT2D eigenvalue weighted by Gasteiger charge is -2.31. The number of aromatic amines is 1. The van der Waals surface area contributed by atoms with Gasteiger partial charge in [-0.1, -0.05) is 6.07 Å². The lowest BCUT2D eigenvalue weighted by atomic mass is 9.95. The lowest BCUT2D eigenvalue weighted by molar-refractivity contribution is 0.0711. The van der Waals surface area contributed by atoms with Crippen LogP contribution in [0, 0.1) is 5.82 Å². The summed E-state index contributed by atoms with van der Waals surface area (Å²) in [6.45, 7) is 3.84. The maximum absolute atomic E-state index is 13.4. The van der Waals surface area contributed by atoms with Crippen molar-refractivity contribution in [2.24, 2.45) is 0 Å². The molecule has 0 unspecified atom stereocenters. The number of halogens is 1. The van der Waals surface area contributed by atoms with Crippen molar-refractivity contribution in [2.45, 2.75) is 25.7 Å². The van der Waals surface area contributed by atoms with Crippen LogP contribution in [0.15, 0.2) is 42.5 Å². The molecule has 6 heteroatoms. The van der Waals surface area contributed by atoms with Crippen LogP contribution in [0.3, 0.4) is 0 Å². The summed E-state index contributed by atoms with van der Waals surface area (Å²) in [5, 5.41) is 0. The molecule has 0 aliphatic carbocycles. The lowest BCUT2D eigenvalue weighted by Crippen LogP contribution is -2.38. The van der Waals surface area contributed by atoms with E-state index >= 15 is 0 Å². The maximum Gasteiger partial charge on any atom is 0.253 e. The van der Waals surface area contributed by atoms with Gasteiger partial charge in [-0.25, -0.2) is 9.37 Å². The number of fused-ring (bicyclic) bond motifs is 1. The third-order valence-electron chi connectivity index (χ3n) is 5.02. The Bertz CT molecular complexity index is 961. The van der Waals surface area contributed by atoms with E-state index in [9.17, 15) is 9.18 Å². The second-order valence-corrected chi connectivity index (χ2v) is 6.81. The molecule has 0 radical (unpaired) electrons. The van der Waals surface area contributed by atoms with Gasteiger partial charge in [0.15, 0.2) is 0 Å². The van der Waals surface area contributed by atoms with Crippen LogP contribution in [-0.4, -0.2) is 40.5 Å². The minimum absolute atomic E-state index is 0.0293. The normalized spacial score (nSPS) is 15.3. The number of amides is 1. The smallest absolute Gasteiger partial charge is 0.253 e. The minimum atomic E-state index is -0.271. The molecule has 1 saturated heterocycles. The number of hydrogen-bond acceptors (Lipinski definition) is 3. The first-order valence-electron chi connectivity index (χ1n) is 9.31. The zero-order valence-electron chi connectivity index (χ0n) is 15.2. The number of rotatable bonds is 4. The molecule has 27 heavy (non-hydrogen) atoms. The van der Waals surface area contributed by atoms with Crippen molar-refractivity contribution < 1.29 is 13.9 Å². The Hall–Kier alpha value is -2.89. The highest BCUT2D eigenvalue weighted by Gasteiger charge is 2.26. The van der Waals surface area contributed by atoms with E-state index in [4.69, 9.17) is 4.74 Å². The van der Waals surface area contributed by atoms with E-state index in [1.807, 2.05) is 30.0 Å². The Balaban J connectivity index is 1.43. The molecule has 2 heterocycles. The van der Waals surface area contributed by atoms with Gasteiger partial charge in [0.05, 0.1) is 17.6 Å². The van der Waals surface area contributed by atoms with E-state index in [-0.39, 0.29) is 17.6 Å². The molecule has 140 valence electrons. The number of piperidine rings is 1. The third kappa shape index (κ3) is 3.65. The molecule has 2 aromatic carbocycles. The number of nitrogens with zero attached hydrogens (tertiary/aromatic N) is 2. The number of ether oxygens (including phenoxy) is 1. The zero-order valence-corrected chi connectivity index (χ0v) is 15.2. The molecule has 1 fully saturated rings. The number of likely N-dealkylation sites (tertiary alicyclic amines) is 1. The Kier molecular flexibility index (Phi) is 4.79. The summed E-state index contributed by atoms with van der Waals surface area (Å²) in [6.07, 6.45) is 1.67. The molecule has 5 nitrogen and oxygen atoms in total. The Morgan fingerprint density at radius 3 is 2.85 bits per heavy atom. The van der Waals surface area contributed by atoms with E-state index in [1.54, 1.807) is 12.1 Å². The van der Waals surface area contributed by atoms with Crippen molar-refractivity contribution in [1.82, 2.24) is 14.9 Å². The van der Waals surface area contributed by atoms with Crippen LogP contribution >= 0.6 is 0 Å². The third-order valence-corrected chi connectivity index (χ3v) is 5.02. The van der Waals surface area contributed by atoms with E-state index in [0.29, 0.717) is 31.0 Å². The van der Waals surface area contributed by atoms with Gasteiger partial charge in [0.2, 0.25) is 0 Å². The van der Waals surface area contributed by atoms with Crippen LogP contribution in [0.25, 0.3) is 11.0 Å². The first-order chi connectivity index (χ1) is 13.1. The number of carbonyl (C=O) groups is 1. The van der Waals surface area contributed by atoms with E-state index in [0.717, 1.165) is 29.7 Å². The van der Waals surface area contributed by atoms with Crippen molar-refractivity contribution in [3.05, 3.63) is 59.7 Å². The van der Waals surface area contributed by atoms with Crippen molar-refractivity contribution >= 4 is 16.9 Å². The predicted octanol–water partition coefficient (Wildman–Crippen LogP) is 4.12.